The van der Waals surface area contributed by atoms with Crippen LogP contribution in [0.1, 0.15) is 18.5 Å². The second-order valence-electron chi connectivity index (χ2n) is 8.84. The van der Waals surface area contributed by atoms with E-state index in [1.54, 1.807) is 50.7 Å². The minimum absolute atomic E-state index is 0.105. The Morgan fingerprint density at radius 1 is 1.03 bits per heavy atom. The van der Waals surface area contributed by atoms with Crippen LogP contribution in [-0.4, -0.2) is 62.5 Å². The lowest BCUT2D eigenvalue weighted by Gasteiger charge is -2.28. The molecule has 2 aromatic carbocycles. The zero-order valence-corrected chi connectivity index (χ0v) is 23.4. The molecular formula is C27H28N4O6S2. The molecule has 204 valence electrons. The topological polar surface area (TPSA) is 111 Å². The van der Waals surface area contributed by atoms with Crippen LogP contribution in [0.4, 0.5) is 5.13 Å². The van der Waals surface area contributed by atoms with Gasteiger partial charge in [-0.15, -0.1) is 0 Å². The molecule has 12 heteroatoms. The molecule has 0 N–H and O–H groups in total. The number of ether oxygens (including phenoxy) is 3. The summed E-state index contributed by atoms with van der Waals surface area (Å²) in [5, 5.41) is 0.400. The largest absolute Gasteiger partial charge is 0.497 e. The first-order valence-corrected chi connectivity index (χ1v) is 14.5. The Kier molecular flexibility index (Phi) is 7.69. The van der Waals surface area contributed by atoms with Crippen molar-refractivity contribution in [1.82, 2.24) is 14.3 Å². The van der Waals surface area contributed by atoms with Gasteiger partial charge in [-0.2, -0.15) is 4.31 Å². The van der Waals surface area contributed by atoms with E-state index in [9.17, 15) is 13.2 Å². The van der Waals surface area contributed by atoms with Gasteiger partial charge in [0, 0.05) is 12.7 Å². The summed E-state index contributed by atoms with van der Waals surface area (Å²) < 4.78 is 45.5. The molecule has 5 rings (SSSR count). The molecule has 2 aromatic heterocycles. The highest BCUT2D eigenvalue weighted by Gasteiger charge is 2.42. The molecule has 3 heterocycles. The number of aromatic nitrogens is 2. The molecule has 1 saturated heterocycles. The van der Waals surface area contributed by atoms with Crippen molar-refractivity contribution in [1.29, 1.82) is 0 Å². The minimum Gasteiger partial charge on any atom is -0.497 e. The number of hydrogen-bond donors (Lipinski definition) is 0. The molecule has 0 bridgehead atoms. The highest BCUT2D eigenvalue weighted by Crippen LogP contribution is 2.41. The van der Waals surface area contributed by atoms with Crippen molar-refractivity contribution in [2.75, 3.05) is 32.8 Å². The lowest BCUT2D eigenvalue weighted by atomic mass is 10.2. The zero-order chi connectivity index (χ0) is 27.6. The molecule has 1 amide bonds. The smallest absolute Gasteiger partial charge is 0.247 e. The predicted octanol–water partition coefficient (Wildman–Crippen LogP) is 4.10. The van der Waals surface area contributed by atoms with E-state index in [0.717, 1.165) is 4.70 Å². The number of amides is 1. The standard InChI is InChI=1S/C27H28N4O6S2/c1-35-19-9-11-20(12-10-19)39(33,34)31-16-6-8-21(31)26(32)30(17-18-7-4-5-15-28-18)27-29-24-22(36-2)13-14-23(37-3)25(24)38-27/h4-5,7,9-15,21H,6,8,16-17H2,1-3H3. The van der Waals surface area contributed by atoms with Gasteiger partial charge in [0.1, 0.15) is 33.5 Å². The fraction of sp³-hybridized carbons (Fsp3) is 0.296. The van der Waals surface area contributed by atoms with E-state index >= 15 is 0 Å². The third-order valence-electron chi connectivity index (χ3n) is 6.60. The number of carbonyl (C=O) groups excluding carboxylic acids is 1. The predicted molar refractivity (Wildman–Crippen MR) is 148 cm³/mol. The molecular weight excluding hydrogens is 540 g/mol. The first kappa shape index (κ1) is 26.9. The van der Waals surface area contributed by atoms with E-state index in [0.29, 0.717) is 46.4 Å². The van der Waals surface area contributed by atoms with Gasteiger partial charge in [0.25, 0.3) is 0 Å². The number of sulfonamides is 1. The average Bonchev–Trinajstić information content (AvgIpc) is 3.64. The molecule has 1 atom stereocenters. The normalized spacial score (nSPS) is 15.8. The van der Waals surface area contributed by atoms with Gasteiger partial charge in [0.2, 0.25) is 15.9 Å². The fourth-order valence-electron chi connectivity index (χ4n) is 4.62. The van der Waals surface area contributed by atoms with Crippen LogP contribution in [-0.2, 0) is 21.4 Å². The number of methoxy groups -OCH3 is 3. The molecule has 1 fully saturated rings. The van der Waals surface area contributed by atoms with Crippen molar-refractivity contribution in [2.45, 2.75) is 30.3 Å². The highest BCUT2D eigenvalue weighted by molar-refractivity contribution is 7.89. The summed E-state index contributed by atoms with van der Waals surface area (Å²) in [6, 6.07) is 14.3. The third-order valence-corrected chi connectivity index (χ3v) is 9.61. The number of pyridine rings is 1. The Hall–Kier alpha value is -3.74. The summed E-state index contributed by atoms with van der Waals surface area (Å²) in [5.74, 6) is 1.32. The Bertz CT molecular complexity index is 1530. The van der Waals surface area contributed by atoms with Crippen LogP contribution in [0.5, 0.6) is 17.2 Å². The maximum absolute atomic E-state index is 14.2. The molecule has 1 unspecified atom stereocenters. The summed E-state index contributed by atoms with van der Waals surface area (Å²) in [6.07, 6.45) is 2.60. The maximum Gasteiger partial charge on any atom is 0.247 e. The number of fused-ring (bicyclic) bond motifs is 1. The number of thiazole rings is 1. The molecule has 0 radical (unpaired) electrons. The maximum atomic E-state index is 14.2. The van der Waals surface area contributed by atoms with Gasteiger partial charge < -0.3 is 14.2 Å². The van der Waals surface area contributed by atoms with E-state index in [1.807, 2.05) is 12.1 Å². The number of hydrogen-bond acceptors (Lipinski definition) is 9. The van der Waals surface area contributed by atoms with Crippen molar-refractivity contribution < 1.29 is 27.4 Å². The van der Waals surface area contributed by atoms with Crippen molar-refractivity contribution in [3.63, 3.8) is 0 Å². The Morgan fingerprint density at radius 3 is 2.44 bits per heavy atom. The Balaban J connectivity index is 1.55. The van der Waals surface area contributed by atoms with Gasteiger partial charge in [-0.25, -0.2) is 13.4 Å². The quantitative estimate of drug-likeness (QED) is 0.297. The third kappa shape index (κ3) is 5.14. The summed E-state index contributed by atoms with van der Waals surface area (Å²) >= 11 is 1.28. The van der Waals surface area contributed by atoms with Crippen LogP contribution < -0.4 is 19.1 Å². The molecule has 1 aliphatic heterocycles. The van der Waals surface area contributed by atoms with E-state index in [1.165, 1.54) is 39.8 Å². The van der Waals surface area contributed by atoms with Crippen LogP contribution in [0.15, 0.2) is 65.7 Å². The second-order valence-corrected chi connectivity index (χ2v) is 11.7. The average molecular weight is 569 g/mol. The Morgan fingerprint density at radius 2 is 1.77 bits per heavy atom. The first-order chi connectivity index (χ1) is 18.9. The van der Waals surface area contributed by atoms with E-state index in [2.05, 4.69) is 4.98 Å². The molecule has 4 aromatic rings. The van der Waals surface area contributed by atoms with Gasteiger partial charge in [0.05, 0.1) is 38.5 Å². The van der Waals surface area contributed by atoms with Gasteiger partial charge in [-0.05, 0) is 61.4 Å². The van der Waals surface area contributed by atoms with Crippen LogP contribution in [0.2, 0.25) is 0 Å². The SMILES string of the molecule is COc1ccc(S(=O)(=O)N2CCCC2C(=O)N(Cc2ccccn2)c2nc3c(OC)ccc(OC)c3s2)cc1. The molecule has 1 aliphatic rings. The van der Waals surface area contributed by atoms with Crippen LogP contribution >= 0.6 is 11.3 Å². The number of nitrogens with zero attached hydrogens (tertiary/aromatic N) is 4. The second kappa shape index (κ2) is 11.2. The van der Waals surface area contributed by atoms with Crippen LogP contribution in [0, 0.1) is 0 Å². The number of anilines is 1. The molecule has 39 heavy (non-hydrogen) atoms. The van der Waals surface area contributed by atoms with Gasteiger partial charge in [-0.3, -0.25) is 14.7 Å². The van der Waals surface area contributed by atoms with Crippen molar-refractivity contribution in [2.24, 2.45) is 0 Å². The molecule has 10 nitrogen and oxygen atoms in total. The zero-order valence-electron chi connectivity index (χ0n) is 21.7. The lowest BCUT2D eigenvalue weighted by Crippen LogP contribution is -2.47. The van der Waals surface area contributed by atoms with Crippen LogP contribution in [0.3, 0.4) is 0 Å². The summed E-state index contributed by atoms with van der Waals surface area (Å²) in [6.45, 7) is 0.362. The van der Waals surface area contributed by atoms with Crippen LogP contribution in [0.25, 0.3) is 10.2 Å². The monoisotopic (exact) mass is 568 g/mol. The Labute approximate surface area is 230 Å². The van der Waals surface area contributed by atoms with Crippen molar-refractivity contribution in [3.05, 3.63) is 66.5 Å². The van der Waals surface area contributed by atoms with Gasteiger partial charge in [0.15, 0.2) is 5.13 Å². The minimum atomic E-state index is -3.93. The fourth-order valence-corrected chi connectivity index (χ4v) is 7.35. The number of benzene rings is 2. The summed E-state index contributed by atoms with van der Waals surface area (Å²) in [7, 11) is 0.702. The first-order valence-electron chi connectivity index (χ1n) is 12.3. The summed E-state index contributed by atoms with van der Waals surface area (Å²) in [5.41, 5.74) is 1.20. The molecule has 0 saturated carbocycles. The highest BCUT2D eigenvalue weighted by atomic mass is 32.2. The summed E-state index contributed by atoms with van der Waals surface area (Å²) in [4.78, 5) is 25.0. The van der Waals surface area contributed by atoms with Crippen molar-refractivity contribution in [3.8, 4) is 17.2 Å². The van der Waals surface area contributed by atoms with E-state index in [-0.39, 0.29) is 23.9 Å². The van der Waals surface area contributed by atoms with Gasteiger partial charge in [-0.1, -0.05) is 17.4 Å². The molecule has 0 spiro atoms. The van der Waals surface area contributed by atoms with Gasteiger partial charge >= 0.3 is 0 Å². The van der Waals surface area contributed by atoms with Crippen molar-refractivity contribution >= 4 is 42.6 Å². The number of rotatable bonds is 9. The van der Waals surface area contributed by atoms with E-state index < -0.39 is 16.1 Å². The lowest BCUT2D eigenvalue weighted by molar-refractivity contribution is -0.121. The van der Waals surface area contributed by atoms with E-state index in [4.69, 9.17) is 19.2 Å². The molecule has 0 aliphatic carbocycles. The number of carbonyl (C=O) groups is 1.